The van der Waals surface area contributed by atoms with Crippen LogP contribution in [0.15, 0.2) is 0 Å². The summed E-state index contributed by atoms with van der Waals surface area (Å²) in [5.74, 6) is -0.157. The van der Waals surface area contributed by atoms with E-state index in [-0.39, 0.29) is 11.9 Å². The van der Waals surface area contributed by atoms with Gasteiger partial charge in [0.15, 0.2) is 0 Å². The van der Waals surface area contributed by atoms with Gasteiger partial charge in [-0.15, -0.1) is 0 Å². The molecule has 3 nitrogen and oxygen atoms in total. The Balaban J connectivity index is 2.32. The second kappa shape index (κ2) is 2.82. The molecule has 0 aromatic rings. The molecule has 1 fully saturated rings. The van der Waals surface area contributed by atoms with E-state index in [1.165, 1.54) is 7.11 Å². The Bertz CT molecular complexity index is 108. The molecule has 1 aliphatic heterocycles. The van der Waals surface area contributed by atoms with E-state index in [1.54, 1.807) is 0 Å². The van der Waals surface area contributed by atoms with Gasteiger partial charge in [-0.1, -0.05) is 0 Å². The van der Waals surface area contributed by atoms with Gasteiger partial charge in [-0.05, 0) is 13.0 Å². The van der Waals surface area contributed by atoms with Crippen LogP contribution in [0.2, 0.25) is 0 Å². The highest BCUT2D eigenvalue weighted by molar-refractivity contribution is 5.74. The van der Waals surface area contributed by atoms with E-state index in [0.717, 1.165) is 13.1 Å². The molecule has 1 saturated heterocycles. The first-order valence-corrected chi connectivity index (χ1v) is 2.96. The van der Waals surface area contributed by atoms with Gasteiger partial charge in [-0.25, -0.2) is 0 Å². The molecule has 0 aromatic heterocycles. The smallest absolute Gasteiger partial charge is 0.310 e. The lowest BCUT2D eigenvalue weighted by molar-refractivity contribution is -0.143. The standard InChI is InChI=1S/C6H10NO2/c1-9-6(8)5-2-3-7-4-5/h2,5,7H,3-4H2,1H3/t5-/m1/s1. The maximum atomic E-state index is 10.7. The number of hydrogen-bond acceptors (Lipinski definition) is 3. The molecule has 1 heterocycles. The molecule has 0 aromatic carbocycles. The number of methoxy groups -OCH3 is 1. The zero-order valence-corrected chi connectivity index (χ0v) is 5.39. The van der Waals surface area contributed by atoms with Crippen LogP contribution in [0.1, 0.15) is 0 Å². The number of carbonyl (C=O) groups excluding carboxylic acids is 1. The predicted octanol–water partition coefficient (Wildman–Crippen LogP) is -0.417. The fraction of sp³-hybridized carbons (Fsp3) is 0.667. The van der Waals surface area contributed by atoms with Crippen LogP contribution in [-0.4, -0.2) is 26.2 Å². The van der Waals surface area contributed by atoms with Crippen molar-refractivity contribution in [3.05, 3.63) is 6.42 Å². The molecule has 9 heavy (non-hydrogen) atoms. The maximum Gasteiger partial charge on any atom is 0.310 e. The summed E-state index contributed by atoms with van der Waals surface area (Å²) in [7, 11) is 1.41. The summed E-state index contributed by atoms with van der Waals surface area (Å²) in [4.78, 5) is 10.7. The summed E-state index contributed by atoms with van der Waals surface area (Å²) in [6.07, 6.45) is 1.92. The van der Waals surface area contributed by atoms with Crippen LogP contribution in [0, 0.1) is 12.3 Å². The van der Waals surface area contributed by atoms with Gasteiger partial charge in [-0.2, -0.15) is 0 Å². The van der Waals surface area contributed by atoms with Crippen molar-refractivity contribution in [3.8, 4) is 0 Å². The summed E-state index contributed by atoms with van der Waals surface area (Å²) in [5, 5.41) is 3.03. The van der Waals surface area contributed by atoms with Gasteiger partial charge in [0, 0.05) is 6.54 Å². The summed E-state index contributed by atoms with van der Waals surface area (Å²) < 4.78 is 4.52. The molecule has 1 atom stereocenters. The Morgan fingerprint density at radius 3 is 3.11 bits per heavy atom. The van der Waals surface area contributed by atoms with Crippen LogP contribution in [0.5, 0.6) is 0 Å². The van der Waals surface area contributed by atoms with Crippen molar-refractivity contribution < 1.29 is 9.53 Å². The lowest BCUT2D eigenvalue weighted by atomic mass is 10.1. The van der Waals surface area contributed by atoms with Crippen LogP contribution < -0.4 is 5.32 Å². The average molecular weight is 128 g/mol. The fourth-order valence-electron chi connectivity index (χ4n) is 0.879. The highest BCUT2D eigenvalue weighted by Crippen LogP contribution is 2.06. The Morgan fingerprint density at radius 2 is 2.67 bits per heavy atom. The first-order valence-electron chi connectivity index (χ1n) is 2.96. The lowest BCUT2D eigenvalue weighted by Crippen LogP contribution is -2.18. The van der Waals surface area contributed by atoms with Gasteiger partial charge < -0.3 is 10.1 Å². The van der Waals surface area contributed by atoms with E-state index in [0.29, 0.717) is 0 Å². The van der Waals surface area contributed by atoms with Crippen LogP contribution in [-0.2, 0) is 9.53 Å². The van der Waals surface area contributed by atoms with Gasteiger partial charge in [0.25, 0.3) is 0 Å². The van der Waals surface area contributed by atoms with Crippen LogP contribution >= 0.6 is 0 Å². The molecule has 0 saturated carbocycles. The summed E-state index contributed by atoms with van der Waals surface area (Å²) in [5.41, 5.74) is 0. The van der Waals surface area contributed by atoms with Crippen LogP contribution in [0.25, 0.3) is 0 Å². The molecule has 0 spiro atoms. The largest absolute Gasteiger partial charge is 0.469 e. The number of carbonyl (C=O) groups is 1. The monoisotopic (exact) mass is 128 g/mol. The molecular formula is C6H10NO2. The van der Waals surface area contributed by atoms with Crippen molar-refractivity contribution in [2.75, 3.05) is 20.2 Å². The minimum atomic E-state index is -0.139. The summed E-state index contributed by atoms with van der Waals surface area (Å²) in [6, 6.07) is 0. The predicted molar refractivity (Wildman–Crippen MR) is 32.7 cm³/mol. The number of hydrogen-bond donors (Lipinski definition) is 1. The lowest BCUT2D eigenvalue weighted by Gasteiger charge is -2.02. The maximum absolute atomic E-state index is 10.7. The van der Waals surface area contributed by atoms with E-state index in [2.05, 4.69) is 10.1 Å². The highest BCUT2D eigenvalue weighted by Gasteiger charge is 2.22. The van der Waals surface area contributed by atoms with Crippen molar-refractivity contribution >= 4 is 5.97 Å². The fourth-order valence-corrected chi connectivity index (χ4v) is 0.879. The SMILES string of the molecule is COC(=O)[C@@H]1[CH]CNC1. The molecule has 0 amide bonds. The van der Waals surface area contributed by atoms with E-state index in [1.807, 2.05) is 6.42 Å². The molecule has 51 valence electrons. The number of nitrogens with one attached hydrogen (secondary N) is 1. The second-order valence-corrected chi connectivity index (χ2v) is 2.02. The quantitative estimate of drug-likeness (QED) is 0.487. The number of rotatable bonds is 1. The van der Waals surface area contributed by atoms with E-state index >= 15 is 0 Å². The third-order valence-electron chi connectivity index (χ3n) is 1.41. The number of esters is 1. The molecule has 1 rings (SSSR count). The molecular weight excluding hydrogens is 118 g/mol. The zero-order valence-electron chi connectivity index (χ0n) is 5.39. The molecule has 1 aliphatic rings. The highest BCUT2D eigenvalue weighted by atomic mass is 16.5. The van der Waals surface area contributed by atoms with Gasteiger partial charge in [0.05, 0.1) is 13.0 Å². The topological polar surface area (TPSA) is 38.3 Å². The van der Waals surface area contributed by atoms with Gasteiger partial charge in [0.1, 0.15) is 0 Å². The van der Waals surface area contributed by atoms with Gasteiger partial charge in [-0.3, -0.25) is 4.79 Å². The average Bonchev–Trinajstić information content (AvgIpc) is 2.37. The van der Waals surface area contributed by atoms with E-state index < -0.39 is 0 Å². The molecule has 0 bridgehead atoms. The van der Waals surface area contributed by atoms with Crippen molar-refractivity contribution in [1.29, 1.82) is 0 Å². The Kier molecular flexibility index (Phi) is 2.05. The number of ether oxygens (including phenoxy) is 1. The van der Waals surface area contributed by atoms with Crippen molar-refractivity contribution in [1.82, 2.24) is 5.32 Å². The van der Waals surface area contributed by atoms with Crippen molar-refractivity contribution in [3.63, 3.8) is 0 Å². The minimum Gasteiger partial charge on any atom is -0.469 e. The normalized spacial score (nSPS) is 26.1. The molecule has 1 radical (unpaired) electrons. The molecule has 3 heteroatoms. The third-order valence-corrected chi connectivity index (χ3v) is 1.41. The van der Waals surface area contributed by atoms with Crippen molar-refractivity contribution in [2.45, 2.75) is 0 Å². The van der Waals surface area contributed by atoms with Crippen molar-refractivity contribution in [2.24, 2.45) is 5.92 Å². The molecule has 0 aliphatic carbocycles. The Morgan fingerprint density at radius 1 is 1.89 bits per heavy atom. The van der Waals surface area contributed by atoms with Gasteiger partial charge >= 0.3 is 5.97 Å². The molecule has 0 unspecified atom stereocenters. The molecule has 1 N–H and O–H groups in total. The van der Waals surface area contributed by atoms with Crippen LogP contribution in [0.3, 0.4) is 0 Å². The minimum absolute atomic E-state index is 0.0185. The third kappa shape index (κ3) is 1.42. The second-order valence-electron chi connectivity index (χ2n) is 2.02. The summed E-state index contributed by atoms with van der Waals surface area (Å²) >= 11 is 0. The first kappa shape index (κ1) is 6.55. The Hall–Kier alpha value is -0.570. The Labute approximate surface area is 54.4 Å². The van der Waals surface area contributed by atoms with E-state index in [9.17, 15) is 4.79 Å². The van der Waals surface area contributed by atoms with E-state index in [4.69, 9.17) is 0 Å². The van der Waals surface area contributed by atoms with Gasteiger partial charge in [0.2, 0.25) is 0 Å². The first-order chi connectivity index (χ1) is 4.34. The zero-order chi connectivity index (χ0) is 6.69. The van der Waals surface area contributed by atoms with Crippen LogP contribution in [0.4, 0.5) is 0 Å². The summed E-state index contributed by atoms with van der Waals surface area (Å²) in [6.45, 7) is 1.55.